The van der Waals surface area contributed by atoms with Crippen molar-refractivity contribution >= 4 is 101 Å². The van der Waals surface area contributed by atoms with E-state index in [-0.39, 0.29) is 28.4 Å². The van der Waals surface area contributed by atoms with Crippen LogP contribution in [0.25, 0.3) is 122 Å². The highest BCUT2D eigenvalue weighted by atomic mass is 15.2. The normalized spacial score (nSPS) is 13.0. The third-order valence-electron chi connectivity index (χ3n) is 23.7. The van der Waals surface area contributed by atoms with E-state index in [4.69, 9.17) is 0 Å². The first-order chi connectivity index (χ1) is 53.6. The van der Waals surface area contributed by atoms with Crippen LogP contribution in [0, 0.1) is 0 Å². The maximum absolute atomic E-state index is 2.75. The third-order valence-corrected chi connectivity index (χ3v) is 23.7. The first-order valence-electron chi connectivity index (χ1n) is 39.5. The molecule has 15 aromatic carbocycles. The van der Waals surface area contributed by atoms with E-state index in [9.17, 15) is 0 Å². The van der Waals surface area contributed by atoms with Crippen molar-refractivity contribution in [1.29, 1.82) is 0 Å². The molecule has 0 fully saturated rings. The van der Waals surface area contributed by atoms with Gasteiger partial charge in [-0.05, 0) is 190 Å². The van der Waals surface area contributed by atoms with Crippen LogP contribution >= 0.6 is 0 Å². The fraction of sp³-hybridized carbons (Fsp3) is 0.151. The molecule has 2 aromatic heterocycles. The van der Waals surface area contributed by atoms with Gasteiger partial charge in [-0.2, -0.15) is 0 Å². The monoisotopic (exact) mass is 1430 g/mol. The van der Waals surface area contributed by atoms with Crippen LogP contribution in [0.1, 0.15) is 105 Å². The summed E-state index contributed by atoms with van der Waals surface area (Å²) in [6, 6.07) is 128. The first kappa shape index (κ1) is 69.1. The SMILES string of the molecule is CC(C)(C)c1cc(-c2ccc3c(c2)N(c2c(-c4ccccc4)cc(C(C)(C)C)cc2-c2ccccc2)c2cc(-n4c5ccccc5c5cc(-n6c7ccccc7c7ccccc76)ccc54)cc4c2B3c2ccc(-c3ccccc3)cc2N4c2c(-c3ccccc3)cc(C(C)(C)C)cc2-c2ccccc2)cc(C(C)(C)C)c1. The van der Waals surface area contributed by atoms with Crippen molar-refractivity contribution in [3.05, 3.63) is 356 Å². The Balaban J connectivity index is 1.02. The molecule has 0 bridgehead atoms. The molecule has 0 N–H and O–H groups in total. The lowest BCUT2D eigenvalue weighted by atomic mass is 9.33. The van der Waals surface area contributed by atoms with Gasteiger partial charge in [-0.3, -0.25) is 0 Å². The smallest absolute Gasteiger partial charge is 0.252 e. The van der Waals surface area contributed by atoms with E-state index in [2.05, 4.69) is 436 Å². The van der Waals surface area contributed by atoms with E-state index in [1.54, 1.807) is 0 Å². The summed E-state index contributed by atoms with van der Waals surface area (Å²) in [7, 11) is 0. The fourth-order valence-corrected chi connectivity index (χ4v) is 17.8. The number of rotatable bonds is 10. The minimum Gasteiger partial charge on any atom is -0.310 e. The molecule has 0 aliphatic carbocycles. The van der Waals surface area contributed by atoms with Crippen LogP contribution in [0.5, 0.6) is 0 Å². The molecular weight excluding hydrogens is 1340 g/mol. The van der Waals surface area contributed by atoms with Crippen molar-refractivity contribution in [3.63, 3.8) is 0 Å². The molecule has 0 spiro atoms. The van der Waals surface area contributed by atoms with Gasteiger partial charge in [-0.15, -0.1) is 0 Å². The van der Waals surface area contributed by atoms with Crippen LogP contribution < -0.4 is 26.2 Å². The number of benzene rings is 15. The molecule has 0 unspecified atom stereocenters. The Labute approximate surface area is 654 Å². The van der Waals surface area contributed by atoms with E-state index >= 15 is 0 Å². The van der Waals surface area contributed by atoms with Gasteiger partial charge in [0.1, 0.15) is 0 Å². The minimum atomic E-state index is -0.262. The highest BCUT2D eigenvalue weighted by molar-refractivity contribution is 7.00. The number of anilines is 6. The van der Waals surface area contributed by atoms with Gasteiger partial charge in [0.25, 0.3) is 6.71 Å². The molecule has 4 nitrogen and oxygen atoms in total. The van der Waals surface area contributed by atoms with Crippen LogP contribution in [0.2, 0.25) is 0 Å². The Morgan fingerprint density at radius 3 is 0.910 bits per heavy atom. The molecule has 4 heterocycles. The zero-order valence-corrected chi connectivity index (χ0v) is 65.6. The topological polar surface area (TPSA) is 16.3 Å². The van der Waals surface area contributed by atoms with Crippen LogP contribution in [0.4, 0.5) is 34.1 Å². The maximum Gasteiger partial charge on any atom is 0.252 e. The molecule has 0 radical (unpaired) electrons. The highest BCUT2D eigenvalue weighted by Crippen LogP contribution is 2.56. The quantitative estimate of drug-likeness (QED) is 0.127. The second-order valence-corrected chi connectivity index (χ2v) is 34.9. The summed E-state index contributed by atoms with van der Waals surface area (Å²) in [6.07, 6.45) is 0. The predicted octanol–water partition coefficient (Wildman–Crippen LogP) is 27.2. The van der Waals surface area contributed by atoms with E-state index in [0.717, 1.165) is 112 Å². The Morgan fingerprint density at radius 1 is 0.216 bits per heavy atom. The summed E-state index contributed by atoms with van der Waals surface area (Å²) in [6.45, 7) is 28.1. The molecule has 538 valence electrons. The molecule has 111 heavy (non-hydrogen) atoms. The van der Waals surface area contributed by atoms with Gasteiger partial charge in [0.05, 0.1) is 39.1 Å². The lowest BCUT2D eigenvalue weighted by Gasteiger charge is -2.46. The number of hydrogen-bond donors (Lipinski definition) is 0. The third kappa shape index (κ3) is 11.7. The Hall–Kier alpha value is -12.4. The zero-order chi connectivity index (χ0) is 76.0. The van der Waals surface area contributed by atoms with Crippen molar-refractivity contribution in [1.82, 2.24) is 9.13 Å². The van der Waals surface area contributed by atoms with Crippen molar-refractivity contribution in [2.45, 2.75) is 105 Å². The Bertz CT molecular complexity index is 6330. The van der Waals surface area contributed by atoms with Crippen molar-refractivity contribution in [2.75, 3.05) is 9.80 Å². The van der Waals surface area contributed by atoms with Crippen molar-refractivity contribution in [2.24, 2.45) is 0 Å². The largest absolute Gasteiger partial charge is 0.310 e. The van der Waals surface area contributed by atoms with Gasteiger partial charge in [0.15, 0.2) is 0 Å². The average molecular weight is 1430 g/mol. The second kappa shape index (κ2) is 26.1. The summed E-state index contributed by atoms with van der Waals surface area (Å²) < 4.78 is 5.05. The van der Waals surface area contributed by atoms with Crippen LogP contribution in [0.3, 0.4) is 0 Å². The number of fused-ring (bicyclic) bond motifs is 10. The molecule has 2 aliphatic rings. The fourth-order valence-electron chi connectivity index (χ4n) is 17.8. The lowest BCUT2D eigenvalue weighted by Crippen LogP contribution is -2.61. The molecule has 2 aliphatic heterocycles. The Morgan fingerprint density at radius 2 is 0.532 bits per heavy atom. The predicted molar refractivity (Wildman–Crippen MR) is 477 cm³/mol. The molecule has 0 atom stereocenters. The molecular formula is C106H91BN4. The van der Waals surface area contributed by atoms with Crippen molar-refractivity contribution < 1.29 is 0 Å². The molecule has 5 heteroatoms. The van der Waals surface area contributed by atoms with E-state index < -0.39 is 0 Å². The number of para-hydroxylation sites is 3. The minimum absolute atomic E-state index is 0.116. The standard InChI is InChI=1S/C106H91BN4/c1-103(2,3)76-56-75(57-77(60-76)104(4,5)6)74-51-54-91-97(59-74)111(102-87(71-40-24-16-25-41-71)63-79(106(10,11)12)64-88(102)72-42-26-17-27-43-72)99-67-81(109-94-49-33-30-46-84(94)89-65-80(52-55-95(89)109)108-92-47-31-28-44-82(92)83-45-29-32-48-93(83)108)66-98-100(99)107(91)90-53-50-73(68-34-18-13-19-35-68)58-96(90)110(98)101-85(69-36-20-14-21-37-69)61-78(105(7,8)9)62-86(101)70-38-22-15-23-39-70/h13-67H,1-12H3. The zero-order valence-electron chi connectivity index (χ0n) is 65.6. The van der Waals surface area contributed by atoms with E-state index in [1.807, 2.05) is 0 Å². The summed E-state index contributed by atoms with van der Waals surface area (Å²) in [4.78, 5) is 5.48. The van der Waals surface area contributed by atoms with Gasteiger partial charge < -0.3 is 18.9 Å². The molecule has 0 saturated heterocycles. The summed E-state index contributed by atoms with van der Waals surface area (Å²) in [5, 5.41) is 4.83. The van der Waals surface area contributed by atoms with Gasteiger partial charge >= 0.3 is 0 Å². The van der Waals surface area contributed by atoms with Gasteiger partial charge in [0, 0.05) is 72.2 Å². The van der Waals surface area contributed by atoms with Crippen LogP contribution in [0.15, 0.2) is 334 Å². The van der Waals surface area contributed by atoms with Crippen LogP contribution in [-0.4, -0.2) is 15.8 Å². The molecule has 0 amide bonds. The van der Waals surface area contributed by atoms with Gasteiger partial charge in [-0.1, -0.05) is 332 Å². The number of nitrogens with zero attached hydrogens (tertiary/aromatic N) is 4. The Kier molecular flexibility index (Phi) is 16.3. The van der Waals surface area contributed by atoms with E-state index in [0.29, 0.717) is 0 Å². The number of aromatic nitrogens is 2. The molecule has 17 aromatic rings. The second-order valence-electron chi connectivity index (χ2n) is 34.9. The first-order valence-corrected chi connectivity index (χ1v) is 39.5. The number of hydrogen-bond acceptors (Lipinski definition) is 2. The summed E-state index contributed by atoms with van der Waals surface area (Å²) in [5.41, 5.74) is 35.6. The van der Waals surface area contributed by atoms with Crippen LogP contribution in [-0.2, 0) is 21.7 Å². The molecule has 19 rings (SSSR count). The van der Waals surface area contributed by atoms with E-state index in [1.165, 1.54) is 82.3 Å². The van der Waals surface area contributed by atoms with Gasteiger partial charge in [0.2, 0.25) is 0 Å². The molecule has 0 saturated carbocycles. The van der Waals surface area contributed by atoms with Crippen molar-refractivity contribution in [3.8, 4) is 78.1 Å². The average Bonchev–Trinajstić information content (AvgIpc) is 0.801. The maximum atomic E-state index is 2.75. The van der Waals surface area contributed by atoms with Gasteiger partial charge in [-0.25, -0.2) is 0 Å². The highest BCUT2D eigenvalue weighted by Gasteiger charge is 2.46. The lowest BCUT2D eigenvalue weighted by molar-refractivity contribution is 0.569. The summed E-state index contributed by atoms with van der Waals surface area (Å²) >= 11 is 0. The summed E-state index contributed by atoms with van der Waals surface area (Å²) in [5.74, 6) is 0.